The number of piperidine rings is 1. The molecule has 5 rings (SSSR count). The average molecular weight is 405 g/mol. The van der Waals surface area contributed by atoms with E-state index in [4.69, 9.17) is 0 Å². The van der Waals surface area contributed by atoms with Crippen LogP contribution in [-0.2, 0) is 13.1 Å². The molecule has 0 amide bonds. The van der Waals surface area contributed by atoms with Gasteiger partial charge < -0.3 is 9.47 Å². The smallest absolute Gasteiger partial charge is 0.250 e. The highest BCUT2D eigenvalue weighted by Crippen LogP contribution is 2.37. The van der Waals surface area contributed by atoms with Crippen molar-refractivity contribution in [3.63, 3.8) is 0 Å². The van der Waals surface area contributed by atoms with Gasteiger partial charge in [-0.25, -0.2) is 0 Å². The number of fused-ring (bicyclic) bond motifs is 4. The molecule has 3 aromatic rings. The van der Waals surface area contributed by atoms with Gasteiger partial charge in [0.15, 0.2) is 0 Å². The minimum atomic E-state index is 0.146. The van der Waals surface area contributed by atoms with E-state index in [0.717, 1.165) is 31.9 Å². The molecule has 1 aromatic carbocycles. The maximum absolute atomic E-state index is 12.7. The molecule has 2 aliphatic heterocycles. The van der Waals surface area contributed by atoms with E-state index in [-0.39, 0.29) is 5.56 Å². The molecular formula is C24H26N3OS+. The van der Waals surface area contributed by atoms with Gasteiger partial charge in [-0.15, -0.1) is 11.8 Å². The predicted molar refractivity (Wildman–Crippen MR) is 117 cm³/mol. The van der Waals surface area contributed by atoms with Crippen LogP contribution in [0.25, 0.3) is 11.1 Å². The highest BCUT2D eigenvalue weighted by Gasteiger charge is 2.38. The Morgan fingerprint density at radius 2 is 1.97 bits per heavy atom. The number of thioether (sulfide) groups is 1. The Balaban J connectivity index is 1.50. The fourth-order valence-corrected chi connectivity index (χ4v) is 5.56. The quantitative estimate of drug-likeness (QED) is 0.680. The van der Waals surface area contributed by atoms with Crippen LogP contribution < -0.4 is 10.5 Å². The van der Waals surface area contributed by atoms with E-state index < -0.39 is 0 Å². The van der Waals surface area contributed by atoms with Crippen molar-refractivity contribution < 1.29 is 4.90 Å². The van der Waals surface area contributed by atoms with Gasteiger partial charge in [0.1, 0.15) is 6.54 Å². The lowest BCUT2D eigenvalue weighted by molar-refractivity contribution is -0.924. The third-order valence-electron chi connectivity index (χ3n) is 6.34. The molecule has 1 saturated heterocycles. The second kappa shape index (κ2) is 7.81. The van der Waals surface area contributed by atoms with Crippen molar-refractivity contribution in [2.24, 2.45) is 5.92 Å². The number of benzene rings is 1. The van der Waals surface area contributed by atoms with Crippen LogP contribution in [0, 0.1) is 5.92 Å². The van der Waals surface area contributed by atoms with E-state index in [1.165, 1.54) is 28.1 Å². The summed E-state index contributed by atoms with van der Waals surface area (Å²) >= 11 is 1.76. The summed E-state index contributed by atoms with van der Waals surface area (Å²) in [4.78, 5) is 20.1. The van der Waals surface area contributed by atoms with Gasteiger partial charge >= 0.3 is 0 Å². The topological polar surface area (TPSA) is 39.3 Å². The molecule has 0 saturated carbocycles. The zero-order valence-corrected chi connectivity index (χ0v) is 17.5. The minimum absolute atomic E-state index is 0.146. The molecule has 0 aliphatic carbocycles. The molecule has 1 fully saturated rings. The fourth-order valence-electron chi connectivity index (χ4n) is 5.16. The first-order valence-electron chi connectivity index (χ1n) is 10.3. The van der Waals surface area contributed by atoms with Crippen molar-refractivity contribution in [1.82, 2.24) is 9.55 Å². The predicted octanol–water partition coefficient (Wildman–Crippen LogP) is 2.83. The van der Waals surface area contributed by atoms with Gasteiger partial charge in [-0.05, 0) is 48.6 Å². The van der Waals surface area contributed by atoms with Gasteiger partial charge in [-0.3, -0.25) is 9.78 Å². The Morgan fingerprint density at radius 3 is 2.72 bits per heavy atom. The summed E-state index contributed by atoms with van der Waals surface area (Å²) < 4.78 is 2.06. The molecule has 1 N–H and O–H groups in total. The number of hydrogen-bond acceptors (Lipinski definition) is 3. The number of aromatic nitrogens is 2. The summed E-state index contributed by atoms with van der Waals surface area (Å²) in [5, 5.41) is 0. The van der Waals surface area contributed by atoms with Gasteiger partial charge in [-0.2, -0.15) is 0 Å². The number of rotatable bonds is 4. The molecule has 4 nitrogen and oxygen atoms in total. The van der Waals surface area contributed by atoms with Crippen LogP contribution in [0.4, 0.5) is 0 Å². The number of likely N-dealkylation sites (tertiary alicyclic amines) is 1. The van der Waals surface area contributed by atoms with Crippen molar-refractivity contribution in [3.05, 3.63) is 82.5 Å². The second-order valence-electron chi connectivity index (χ2n) is 8.26. The third kappa shape index (κ3) is 3.65. The second-order valence-corrected chi connectivity index (χ2v) is 9.14. The number of pyridine rings is 2. The third-order valence-corrected chi connectivity index (χ3v) is 7.08. The lowest BCUT2D eigenvalue weighted by atomic mass is 9.80. The van der Waals surface area contributed by atoms with Crippen LogP contribution in [-0.4, -0.2) is 28.9 Å². The maximum atomic E-state index is 12.7. The Bertz CT molecular complexity index is 1060. The van der Waals surface area contributed by atoms with Gasteiger partial charge in [0, 0.05) is 46.8 Å². The first-order chi connectivity index (χ1) is 14.2. The average Bonchev–Trinajstić information content (AvgIpc) is 2.75. The standard InChI is InChI=1S/C24H25N3OS/c1-29-21-7-5-18(6-8-21)22-9-10-23(28)27-14-17-12-19(24(22)27)15-26(13-17)16-20-4-2-3-11-25-20/h2-11,17,19H,12-16H2,1H3/p+1/t17-,19+/m0/s1. The van der Waals surface area contributed by atoms with E-state index in [9.17, 15) is 4.79 Å². The molecule has 4 heterocycles. The van der Waals surface area contributed by atoms with Gasteiger partial charge in [0.2, 0.25) is 0 Å². The lowest BCUT2D eigenvalue weighted by Gasteiger charge is -2.41. The molecule has 148 valence electrons. The van der Waals surface area contributed by atoms with E-state index in [2.05, 4.69) is 52.2 Å². The van der Waals surface area contributed by atoms with Crippen molar-refractivity contribution in [3.8, 4) is 11.1 Å². The molecule has 2 bridgehead atoms. The van der Waals surface area contributed by atoms with E-state index in [1.807, 2.05) is 18.3 Å². The van der Waals surface area contributed by atoms with Crippen molar-refractivity contribution in [2.45, 2.75) is 30.3 Å². The summed E-state index contributed by atoms with van der Waals surface area (Å²) in [7, 11) is 0. The van der Waals surface area contributed by atoms with Crippen LogP contribution in [0.1, 0.15) is 23.7 Å². The minimum Gasteiger partial charge on any atom is -0.329 e. The molecule has 0 radical (unpaired) electrons. The van der Waals surface area contributed by atoms with Gasteiger partial charge in [0.05, 0.1) is 18.8 Å². The van der Waals surface area contributed by atoms with Crippen LogP contribution in [0.15, 0.2) is 70.5 Å². The first-order valence-corrected chi connectivity index (χ1v) is 11.6. The van der Waals surface area contributed by atoms with Crippen molar-refractivity contribution >= 4 is 11.8 Å². The first kappa shape index (κ1) is 18.6. The van der Waals surface area contributed by atoms with E-state index in [1.54, 1.807) is 22.7 Å². The van der Waals surface area contributed by atoms with E-state index >= 15 is 0 Å². The zero-order valence-electron chi connectivity index (χ0n) is 16.7. The molecule has 2 aliphatic rings. The van der Waals surface area contributed by atoms with Crippen LogP contribution >= 0.6 is 11.8 Å². The fraction of sp³-hybridized carbons (Fsp3) is 0.333. The lowest BCUT2D eigenvalue weighted by Crippen LogP contribution is -3.13. The molecule has 2 aromatic heterocycles. The molecular weight excluding hydrogens is 378 g/mol. The molecule has 29 heavy (non-hydrogen) atoms. The summed E-state index contributed by atoms with van der Waals surface area (Å²) in [6, 6.07) is 18.7. The molecule has 1 unspecified atom stereocenters. The normalized spacial score (nSPS) is 22.9. The van der Waals surface area contributed by atoms with Crippen molar-refractivity contribution in [2.75, 3.05) is 19.3 Å². The highest BCUT2D eigenvalue weighted by atomic mass is 32.2. The Hall–Kier alpha value is -2.37. The van der Waals surface area contributed by atoms with Crippen LogP contribution in [0.5, 0.6) is 0 Å². The Morgan fingerprint density at radius 1 is 1.10 bits per heavy atom. The summed E-state index contributed by atoms with van der Waals surface area (Å²) in [6.45, 7) is 3.98. The van der Waals surface area contributed by atoms with Crippen molar-refractivity contribution in [1.29, 1.82) is 0 Å². The molecule has 0 spiro atoms. The number of quaternary nitrogens is 1. The zero-order chi connectivity index (χ0) is 19.8. The van der Waals surface area contributed by atoms with Crippen LogP contribution in [0.2, 0.25) is 0 Å². The Labute approximate surface area is 175 Å². The SMILES string of the molecule is CSc1ccc(-c2ccc(=O)n3c2[C@@H]2C[C@H](C3)C[NH+](Cc3ccccn3)C2)cc1. The summed E-state index contributed by atoms with van der Waals surface area (Å²) in [5.74, 6) is 0.983. The highest BCUT2D eigenvalue weighted by molar-refractivity contribution is 7.98. The van der Waals surface area contributed by atoms with Gasteiger partial charge in [0.25, 0.3) is 5.56 Å². The molecule has 3 atom stereocenters. The number of hydrogen-bond donors (Lipinski definition) is 1. The largest absolute Gasteiger partial charge is 0.329 e. The van der Waals surface area contributed by atoms with Gasteiger partial charge in [-0.1, -0.05) is 18.2 Å². The summed E-state index contributed by atoms with van der Waals surface area (Å²) in [6.07, 6.45) is 5.16. The summed E-state index contributed by atoms with van der Waals surface area (Å²) in [5.41, 5.74) is 4.97. The number of nitrogens with one attached hydrogen (secondary N) is 1. The van der Waals surface area contributed by atoms with Crippen LogP contribution in [0.3, 0.4) is 0 Å². The maximum Gasteiger partial charge on any atom is 0.250 e. The monoisotopic (exact) mass is 404 g/mol. The van der Waals surface area contributed by atoms with E-state index in [0.29, 0.717) is 11.8 Å². The number of nitrogens with zero attached hydrogens (tertiary/aromatic N) is 2. The Kier molecular flexibility index (Phi) is 5.02. The molecule has 5 heteroatoms.